The molecule has 7 heteroatoms. The van der Waals surface area contributed by atoms with Crippen molar-refractivity contribution in [2.75, 3.05) is 26.3 Å². The van der Waals surface area contributed by atoms with Crippen LogP contribution in [0.1, 0.15) is 19.3 Å². The molecule has 22 heavy (non-hydrogen) atoms. The first-order chi connectivity index (χ1) is 10.7. The number of ether oxygens (including phenoxy) is 1. The van der Waals surface area contributed by atoms with Crippen LogP contribution in [0, 0.1) is 0 Å². The Bertz CT molecular complexity index is 623. The first-order valence-corrected chi connectivity index (χ1v) is 9.85. The third-order valence-electron chi connectivity index (χ3n) is 3.80. The molecular formula is C15H20N2O3S2. The highest BCUT2D eigenvalue weighted by molar-refractivity contribution is 8.00. The largest absolute Gasteiger partial charge is 0.379 e. The van der Waals surface area contributed by atoms with Crippen molar-refractivity contribution in [2.24, 2.45) is 0 Å². The van der Waals surface area contributed by atoms with Crippen molar-refractivity contribution in [1.29, 1.82) is 0 Å². The highest BCUT2D eigenvalue weighted by atomic mass is 32.2. The molecule has 3 rings (SSSR count). The monoisotopic (exact) mass is 340 g/mol. The Morgan fingerprint density at radius 3 is 2.73 bits per heavy atom. The van der Waals surface area contributed by atoms with Gasteiger partial charge in [-0.3, -0.25) is 0 Å². The molecule has 1 aliphatic carbocycles. The van der Waals surface area contributed by atoms with Gasteiger partial charge >= 0.3 is 0 Å². The molecule has 0 N–H and O–H groups in total. The van der Waals surface area contributed by atoms with E-state index in [9.17, 15) is 8.42 Å². The molecule has 0 saturated carbocycles. The fourth-order valence-electron chi connectivity index (χ4n) is 2.56. The summed E-state index contributed by atoms with van der Waals surface area (Å²) < 4.78 is 31.7. The van der Waals surface area contributed by atoms with Gasteiger partial charge in [-0.2, -0.15) is 4.31 Å². The number of rotatable bonds is 4. The molecule has 0 aromatic carbocycles. The molecule has 2 heterocycles. The molecule has 0 radical (unpaired) electrons. The van der Waals surface area contributed by atoms with Gasteiger partial charge < -0.3 is 4.74 Å². The van der Waals surface area contributed by atoms with Crippen LogP contribution < -0.4 is 0 Å². The average molecular weight is 340 g/mol. The van der Waals surface area contributed by atoms with Crippen LogP contribution in [0.4, 0.5) is 0 Å². The zero-order valence-corrected chi connectivity index (χ0v) is 14.0. The molecule has 0 spiro atoms. The minimum absolute atomic E-state index is 0.262. The molecule has 1 atom stereocenters. The molecule has 0 amide bonds. The van der Waals surface area contributed by atoms with Crippen LogP contribution in [0.25, 0.3) is 0 Å². The van der Waals surface area contributed by atoms with Gasteiger partial charge in [-0.05, 0) is 31.4 Å². The maximum atomic E-state index is 12.5. The fraction of sp³-hybridized carbons (Fsp3) is 0.533. The summed E-state index contributed by atoms with van der Waals surface area (Å²) in [6.45, 7) is 1.72. The van der Waals surface area contributed by atoms with Crippen molar-refractivity contribution >= 4 is 21.8 Å². The molecule has 1 aromatic rings. The third kappa shape index (κ3) is 3.71. The molecule has 1 aliphatic heterocycles. The summed E-state index contributed by atoms with van der Waals surface area (Å²) >= 11 is 1.69. The lowest BCUT2D eigenvalue weighted by Gasteiger charge is -2.25. The predicted octanol–water partition coefficient (Wildman–Crippen LogP) is 2.30. The summed E-state index contributed by atoms with van der Waals surface area (Å²) in [6.07, 6.45) is 9.40. The third-order valence-corrected chi connectivity index (χ3v) is 6.86. The lowest BCUT2D eigenvalue weighted by Crippen LogP contribution is -2.40. The fourth-order valence-corrected chi connectivity index (χ4v) is 4.96. The molecule has 120 valence electrons. The number of morpholine rings is 1. The van der Waals surface area contributed by atoms with E-state index < -0.39 is 10.0 Å². The maximum absolute atomic E-state index is 12.5. The zero-order valence-electron chi connectivity index (χ0n) is 12.3. The Morgan fingerprint density at radius 2 is 2.09 bits per heavy atom. The van der Waals surface area contributed by atoms with Crippen LogP contribution in [0.2, 0.25) is 0 Å². The summed E-state index contributed by atoms with van der Waals surface area (Å²) in [6, 6.07) is 3.47. The Kier molecular flexibility index (Phi) is 5.18. The molecule has 1 fully saturated rings. The minimum atomic E-state index is -3.44. The highest BCUT2D eigenvalue weighted by Crippen LogP contribution is 2.29. The van der Waals surface area contributed by atoms with Gasteiger partial charge in [0.05, 0.1) is 18.2 Å². The summed E-state index contributed by atoms with van der Waals surface area (Å²) in [4.78, 5) is 4.59. The summed E-state index contributed by atoms with van der Waals surface area (Å²) in [5.41, 5.74) is 0. The SMILES string of the molecule is O=S(=O)(c1ccc(S[C@@H]2C=CCCC2)nc1)N1CCOCC1. The predicted molar refractivity (Wildman–Crippen MR) is 86.5 cm³/mol. The Hall–Kier alpha value is -0.890. The average Bonchev–Trinajstić information content (AvgIpc) is 2.57. The Morgan fingerprint density at radius 1 is 1.27 bits per heavy atom. The van der Waals surface area contributed by atoms with Crippen LogP contribution >= 0.6 is 11.8 Å². The van der Waals surface area contributed by atoms with E-state index in [1.807, 2.05) is 0 Å². The smallest absolute Gasteiger partial charge is 0.244 e. The molecule has 5 nitrogen and oxygen atoms in total. The molecule has 1 saturated heterocycles. The molecule has 2 aliphatic rings. The number of aromatic nitrogens is 1. The van der Waals surface area contributed by atoms with Gasteiger partial charge in [-0.1, -0.05) is 23.9 Å². The van der Waals surface area contributed by atoms with E-state index in [2.05, 4.69) is 17.1 Å². The van der Waals surface area contributed by atoms with E-state index in [0.29, 0.717) is 31.6 Å². The first kappa shape index (κ1) is 16.0. The molecule has 1 aromatic heterocycles. The Balaban J connectivity index is 1.70. The number of hydrogen-bond acceptors (Lipinski definition) is 5. The minimum Gasteiger partial charge on any atom is -0.379 e. The van der Waals surface area contributed by atoms with Crippen LogP contribution in [-0.2, 0) is 14.8 Å². The second-order valence-electron chi connectivity index (χ2n) is 5.36. The molecule has 0 bridgehead atoms. The van der Waals surface area contributed by atoms with Gasteiger partial charge in [0.15, 0.2) is 0 Å². The normalized spacial score (nSPS) is 23.5. The number of thioether (sulfide) groups is 1. The second-order valence-corrected chi connectivity index (χ2v) is 8.56. The van der Waals surface area contributed by atoms with Gasteiger partial charge in [0.2, 0.25) is 10.0 Å². The van der Waals surface area contributed by atoms with E-state index >= 15 is 0 Å². The summed E-state index contributed by atoms with van der Waals surface area (Å²) in [5.74, 6) is 0. The molecule has 0 unspecified atom stereocenters. The standard InChI is InChI=1S/C15H20N2O3S2/c18-22(19,17-8-10-20-11-9-17)14-6-7-15(16-12-14)21-13-4-2-1-3-5-13/h2,4,6-7,12-13H,1,3,5,8-11H2/t13-/m1/s1. The number of sulfonamides is 1. The van der Waals surface area contributed by atoms with Gasteiger partial charge in [0, 0.05) is 24.5 Å². The summed E-state index contributed by atoms with van der Waals surface area (Å²) in [7, 11) is -3.44. The lowest BCUT2D eigenvalue weighted by molar-refractivity contribution is 0.0730. The second kappa shape index (κ2) is 7.12. The topological polar surface area (TPSA) is 59.5 Å². The number of allylic oxidation sites excluding steroid dienone is 1. The van der Waals surface area contributed by atoms with Crippen molar-refractivity contribution in [3.63, 3.8) is 0 Å². The highest BCUT2D eigenvalue weighted by Gasteiger charge is 2.26. The number of nitrogens with zero attached hydrogens (tertiary/aromatic N) is 2. The van der Waals surface area contributed by atoms with Gasteiger partial charge in [0.25, 0.3) is 0 Å². The van der Waals surface area contributed by atoms with E-state index in [-0.39, 0.29) is 4.90 Å². The van der Waals surface area contributed by atoms with Gasteiger partial charge in [0.1, 0.15) is 4.90 Å². The van der Waals surface area contributed by atoms with Gasteiger partial charge in [-0.25, -0.2) is 13.4 Å². The van der Waals surface area contributed by atoms with Crippen LogP contribution in [0.5, 0.6) is 0 Å². The van der Waals surface area contributed by atoms with Crippen molar-refractivity contribution in [3.8, 4) is 0 Å². The Labute approximate surface area is 135 Å². The lowest BCUT2D eigenvalue weighted by atomic mass is 10.1. The van der Waals surface area contributed by atoms with E-state index in [4.69, 9.17) is 4.74 Å². The zero-order chi connectivity index (χ0) is 15.4. The summed E-state index contributed by atoms with van der Waals surface area (Å²) in [5, 5.41) is 1.32. The quantitative estimate of drug-likeness (QED) is 0.787. The van der Waals surface area contributed by atoms with E-state index in [0.717, 1.165) is 17.9 Å². The van der Waals surface area contributed by atoms with Crippen molar-refractivity contribution < 1.29 is 13.2 Å². The van der Waals surface area contributed by atoms with Crippen LogP contribution in [0.15, 0.2) is 40.4 Å². The van der Waals surface area contributed by atoms with Crippen molar-refractivity contribution in [1.82, 2.24) is 9.29 Å². The van der Waals surface area contributed by atoms with Crippen molar-refractivity contribution in [2.45, 2.75) is 34.4 Å². The van der Waals surface area contributed by atoms with Crippen LogP contribution in [-0.4, -0.2) is 49.3 Å². The van der Waals surface area contributed by atoms with E-state index in [1.54, 1.807) is 23.9 Å². The number of pyridine rings is 1. The van der Waals surface area contributed by atoms with Crippen LogP contribution in [0.3, 0.4) is 0 Å². The number of hydrogen-bond donors (Lipinski definition) is 0. The van der Waals surface area contributed by atoms with Gasteiger partial charge in [-0.15, -0.1) is 0 Å². The molecular weight excluding hydrogens is 320 g/mol. The van der Waals surface area contributed by atoms with Crippen molar-refractivity contribution in [3.05, 3.63) is 30.5 Å². The maximum Gasteiger partial charge on any atom is 0.244 e. The first-order valence-electron chi connectivity index (χ1n) is 7.53. The van der Waals surface area contributed by atoms with E-state index in [1.165, 1.54) is 16.9 Å².